The van der Waals surface area contributed by atoms with Crippen LogP contribution in [0.5, 0.6) is 0 Å². The van der Waals surface area contributed by atoms with Crippen molar-refractivity contribution in [1.29, 1.82) is 0 Å². The summed E-state index contributed by atoms with van der Waals surface area (Å²) in [6.07, 6.45) is 4.53. The molecule has 3 rings (SSSR count). The molecule has 0 fully saturated rings. The van der Waals surface area contributed by atoms with Gasteiger partial charge in [-0.15, -0.1) is 0 Å². The van der Waals surface area contributed by atoms with Gasteiger partial charge in [-0.1, -0.05) is 18.2 Å². The summed E-state index contributed by atoms with van der Waals surface area (Å²) in [5.41, 5.74) is 1.99. The van der Waals surface area contributed by atoms with E-state index in [2.05, 4.69) is 42.8 Å². The lowest BCUT2D eigenvalue weighted by atomic mass is 10.2. The molecule has 3 aromatic rings. The summed E-state index contributed by atoms with van der Waals surface area (Å²) in [6.45, 7) is 0. The number of hydrogen-bond acceptors (Lipinski definition) is 1. The lowest BCUT2D eigenvalue weighted by Gasteiger charge is -2.08. The molecule has 1 heterocycles. The fourth-order valence-electron chi connectivity index (χ4n) is 1.99. The van der Waals surface area contributed by atoms with Crippen molar-refractivity contribution in [2.24, 2.45) is 0 Å². The van der Waals surface area contributed by atoms with Crippen molar-refractivity contribution in [1.82, 2.24) is 0 Å². The van der Waals surface area contributed by atoms with Crippen molar-refractivity contribution in [3.05, 3.63) is 42.5 Å². The van der Waals surface area contributed by atoms with Gasteiger partial charge in [0.15, 0.2) is 0 Å². The molecule has 0 saturated heterocycles. The van der Waals surface area contributed by atoms with Gasteiger partial charge < -0.3 is 4.42 Å². The van der Waals surface area contributed by atoms with E-state index in [0.29, 0.717) is 0 Å². The van der Waals surface area contributed by atoms with Crippen LogP contribution in [-0.2, 0) is 0 Å². The average molecular weight is 230 g/mol. The quantitative estimate of drug-likeness (QED) is 0.618. The fraction of sp³-hybridized carbons (Fsp3) is 0.143. The van der Waals surface area contributed by atoms with Crippen molar-refractivity contribution in [3.63, 3.8) is 0 Å². The molecule has 2 heteroatoms. The Labute approximate surface area is 97.4 Å². The Balaban J connectivity index is 2.37. The molecule has 0 bridgehead atoms. The highest BCUT2D eigenvalue weighted by Crippen LogP contribution is 2.34. The molecule has 0 amide bonds. The highest BCUT2D eigenvalue weighted by Gasteiger charge is 2.06. The maximum absolute atomic E-state index is 5.85. The zero-order chi connectivity index (χ0) is 11.1. The molecular formula is C14H14OS. The van der Waals surface area contributed by atoms with Gasteiger partial charge in [0, 0.05) is 10.8 Å². The summed E-state index contributed by atoms with van der Waals surface area (Å²) >= 11 is 0. The van der Waals surface area contributed by atoms with Gasteiger partial charge in [0.2, 0.25) is 0 Å². The first kappa shape index (κ1) is 9.79. The largest absolute Gasteiger partial charge is 0.456 e. The van der Waals surface area contributed by atoms with Crippen molar-refractivity contribution in [2.45, 2.75) is 4.90 Å². The zero-order valence-corrected chi connectivity index (χ0v) is 10.3. The maximum atomic E-state index is 5.85. The molecule has 1 aromatic heterocycles. The van der Waals surface area contributed by atoms with Gasteiger partial charge in [-0.2, -0.15) is 0 Å². The predicted octanol–water partition coefficient (Wildman–Crippen LogP) is 4.21. The number of fused-ring (bicyclic) bond motifs is 3. The molecule has 0 aliphatic carbocycles. The molecule has 0 atom stereocenters. The average Bonchev–Trinajstić information content (AvgIpc) is 2.66. The van der Waals surface area contributed by atoms with E-state index in [0.717, 1.165) is 11.2 Å². The van der Waals surface area contributed by atoms with Gasteiger partial charge in [-0.3, -0.25) is 0 Å². The Bertz CT molecular complexity index is 652. The van der Waals surface area contributed by atoms with Crippen LogP contribution in [-0.4, -0.2) is 12.5 Å². The van der Waals surface area contributed by atoms with Gasteiger partial charge in [0.1, 0.15) is 11.2 Å². The van der Waals surface area contributed by atoms with Crippen molar-refractivity contribution in [3.8, 4) is 0 Å². The third-order valence-corrected chi connectivity index (χ3v) is 4.19. The highest BCUT2D eigenvalue weighted by atomic mass is 32.2. The van der Waals surface area contributed by atoms with Crippen LogP contribution >= 0.6 is 10.9 Å². The molecule has 0 N–H and O–H groups in total. The molecule has 0 spiro atoms. The summed E-state index contributed by atoms with van der Waals surface area (Å²) in [5.74, 6) is 0. The summed E-state index contributed by atoms with van der Waals surface area (Å²) in [7, 11) is -0.0581. The normalized spacial score (nSPS) is 12.2. The van der Waals surface area contributed by atoms with E-state index in [1.807, 2.05) is 12.1 Å². The highest BCUT2D eigenvalue weighted by molar-refractivity contribution is 8.15. The second kappa shape index (κ2) is 3.56. The van der Waals surface area contributed by atoms with Crippen LogP contribution < -0.4 is 0 Å². The lowest BCUT2D eigenvalue weighted by Crippen LogP contribution is -1.76. The lowest BCUT2D eigenvalue weighted by molar-refractivity contribution is 0.668. The SMILES string of the molecule is C[SH](C)c1ccc2c(c1)oc1ccccc12. The zero-order valence-electron chi connectivity index (χ0n) is 9.40. The first-order valence-corrected chi connectivity index (χ1v) is 7.58. The van der Waals surface area contributed by atoms with Gasteiger partial charge >= 0.3 is 0 Å². The van der Waals surface area contributed by atoms with Crippen LogP contribution in [0.1, 0.15) is 0 Å². The Hall–Kier alpha value is -1.41. The van der Waals surface area contributed by atoms with E-state index < -0.39 is 0 Å². The van der Waals surface area contributed by atoms with E-state index in [1.165, 1.54) is 15.7 Å². The molecule has 0 aliphatic heterocycles. The minimum Gasteiger partial charge on any atom is -0.456 e. The van der Waals surface area contributed by atoms with Crippen LogP contribution in [0, 0.1) is 0 Å². The third-order valence-electron chi connectivity index (χ3n) is 2.88. The van der Waals surface area contributed by atoms with Crippen LogP contribution in [0.3, 0.4) is 0 Å². The minimum atomic E-state index is -0.0581. The molecule has 0 saturated carbocycles. The van der Waals surface area contributed by atoms with Gasteiger partial charge in [-0.05, 0) is 41.7 Å². The molecule has 82 valence electrons. The van der Waals surface area contributed by atoms with Gasteiger partial charge in [0.05, 0.1) is 0 Å². The molecule has 0 radical (unpaired) electrons. The smallest absolute Gasteiger partial charge is 0.136 e. The van der Waals surface area contributed by atoms with Crippen LogP contribution in [0.15, 0.2) is 51.8 Å². The number of thiol groups is 1. The Morgan fingerprint density at radius 3 is 2.44 bits per heavy atom. The predicted molar refractivity (Wildman–Crippen MR) is 72.8 cm³/mol. The molecular weight excluding hydrogens is 216 g/mol. The monoisotopic (exact) mass is 230 g/mol. The van der Waals surface area contributed by atoms with Crippen LogP contribution in [0.2, 0.25) is 0 Å². The van der Waals surface area contributed by atoms with E-state index in [-0.39, 0.29) is 10.9 Å². The second-order valence-corrected chi connectivity index (χ2v) is 6.48. The van der Waals surface area contributed by atoms with E-state index in [9.17, 15) is 0 Å². The fourth-order valence-corrected chi connectivity index (χ4v) is 2.74. The van der Waals surface area contributed by atoms with Crippen LogP contribution in [0.4, 0.5) is 0 Å². The molecule has 16 heavy (non-hydrogen) atoms. The van der Waals surface area contributed by atoms with Gasteiger partial charge in [0.25, 0.3) is 0 Å². The first-order valence-electron chi connectivity index (χ1n) is 5.34. The van der Waals surface area contributed by atoms with Crippen molar-refractivity contribution in [2.75, 3.05) is 12.5 Å². The summed E-state index contributed by atoms with van der Waals surface area (Å²) < 4.78 is 5.85. The van der Waals surface area contributed by atoms with Gasteiger partial charge in [-0.25, -0.2) is 10.9 Å². The van der Waals surface area contributed by atoms with Crippen molar-refractivity contribution < 1.29 is 4.42 Å². The molecule has 2 aromatic carbocycles. The molecule has 0 unspecified atom stereocenters. The standard InChI is InChI=1S/C14H14OS/c1-16(2)10-7-8-12-11-5-3-4-6-13(11)15-14(12)9-10/h3-9,16H,1-2H3. The Morgan fingerprint density at radius 2 is 1.62 bits per heavy atom. The first-order chi connectivity index (χ1) is 7.75. The molecule has 1 nitrogen and oxygen atoms in total. The number of rotatable bonds is 1. The number of hydrogen-bond donors (Lipinski definition) is 1. The number of furan rings is 1. The van der Waals surface area contributed by atoms with Crippen molar-refractivity contribution >= 4 is 32.8 Å². The van der Waals surface area contributed by atoms with E-state index in [4.69, 9.17) is 4.42 Å². The molecule has 0 aliphatic rings. The second-order valence-electron chi connectivity index (χ2n) is 4.17. The number of para-hydroxylation sites is 1. The maximum Gasteiger partial charge on any atom is 0.136 e. The summed E-state index contributed by atoms with van der Waals surface area (Å²) in [6, 6.07) is 14.8. The van der Waals surface area contributed by atoms with E-state index in [1.54, 1.807) is 0 Å². The third kappa shape index (κ3) is 1.41. The Kier molecular flexibility index (Phi) is 2.18. The summed E-state index contributed by atoms with van der Waals surface area (Å²) in [5, 5.41) is 2.43. The Morgan fingerprint density at radius 1 is 0.875 bits per heavy atom. The summed E-state index contributed by atoms with van der Waals surface area (Å²) in [4.78, 5) is 1.39. The number of benzene rings is 2. The van der Waals surface area contributed by atoms with Crippen LogP contribution in [0.25, 0.3) is 21.9 Å². The topological polar surface area (TPSA) is 13.1 Å². The minimum absolute atomic E-state index is 0.0581. The van der Waals surface area contributed by atoms with E-state index >= 15 is 0 Å².